The molecule has 0 saturated heterocycles. The second-order valence-corrected chi connectivity index (χ2v) is 3.25. The van der Waals surface area contributed by atoms with Crippen molar-refractivity contribution < 1.29 is 0 Å². The van der Waals surface area contributed by atoms with Crippen molar-refractivity contribution in [2.45, 2.75) is 52.6 Å². The van der Waals surface area contributed by atoms with Gasteiger partial charge in [-0.15, -0.1) is 0 Å². The summed E-state index contributed by atoms with van der Waals surface area (Å²) < 4.78 is 1.92. The maximum absolute atomic E-state index is 6.02. The average molecular weight is 164 g/mol. The minimum atomic E-state index is 0.497. The van der Waals surface area contributed by atoms with Gasteiger partial charge in [-0.3, -0.25) is 0 Å². The molecule has 0 spiro atoms. The minimum Gasteiger partial charge on any atom is -0.215 e. The Bertz CT molecular complexity index is 75.3. The highest BCUT2D eigenvalue weighted by Gasteiger charge is 2.13. The molecule has 62 valence electrons. The lowest BCUT2D eigenvalue weighted by molar-refractivity contribution is 0.276. The van der Waals surface area contributed by atoms with Crippen LogP contribution in [0.15, 0.2) is 0 Å². The second kappa shape index (κ2) is 4.97. The Balaban J connectivity index is 3.69. The molecule has 2 unspecified atom stereocenters. The van der Waals surface area contributed by atoms with Crippen LogP contribution in [0.3, 0.4) is 0 Å². The van der Waals surface area contributed by atoms with Crippen LogP contribution in [-0.2, 0) is 0 Å². The summed E-state index contributed by atoms with van der Waals surface area (Å²) in [4.78, 5) is 0. The van der Waals surface area contributed by atoms with Crippen LogP contribution in [0.2, 0.25) is 0 Å². The van der Waals surface area contributed by atoms with E-state index in [-0.39, 0.29) is 0 Å². The van der Waals surface area contributed by atoms with Crippen molar-refractivity contribution in [3.8, 4) is 0 Å². The minimum absolute atomic E-state index is 0.497. The molecule has 0 heterocycles. The van der Waals surface area contributed by atoms with Gasteiger partial charge in [0.05, 0.1) is 0 Å². The van der Waals surface area contributed by atoms with E-state index in [9.17, 15) is 0 Å². The van der Waals surface area contributed by atoms with Gasteiger partial charge in [-0.1, -0.05) is 13.8 Å². The van der Waals surface area contributed by atoms with E-state index in [2.05, 4.69) is 27.7 Å². The predicted molar refractivity (Wildman–Crippen MR) is 47.2 cm³/mol. The van der Waals surface area contributed by atoms with E-state index in [0.717, 1.165) is 12.8 Å². The number of nitrogens with zero attached hydrogens (tertiary/aromatic N) is 1. The van der Waals surface area contributed by atoms with Crippen LogP contribution in [0.25, 0.3) is 0 Å². The summed E-state index contributed by atoms with van der Waals surface area (Å²) in [7, 11) is 0. The zero-order valence-corrected chi connectivity index (χ0v) is 8.15. The fourth-order valence-electron chi connectivity index (χ4n) is 0.783. The van der Waals surface area contributed by atoms with Crippen molar-refractivity contribution in [1.82, 2.24) is 4.42 Å². The van der Waals surface area contributed by atoms with Crippen LogP contribution < -0.4 is 0 Å². The van der Waals surface area contributed by atoms with E-state index in [4.69, 9.17) is 11.8 Å². The topological polar surface area (TPSA) is 3.24 Å². The molecule has 1 nitrogen and oxygen atoms in total. The highest BCUT2D eigenvalue weighted by molar-refractivity contribution is 6.13. The first-order valence-corrected chi connectivity index (χ1v) is 4.41. The average Bonchev–Trinajstić information content (AvgIpc) is 2.00. The third-order valence-electron chi connectivity index (χ3n) is 2.02. The molecular weight excluding hydrogens is 146 g/mol. The summed E-state index contributed by atoms with van der Waals surface area (Å²) in [6.45, 7) is 8.61. The van der Waals surface area contributed by atoms with Gasteiger partial charge in [0.2, 0.25) is 0 Å². The molecule has 0 fully saturated rings. The SMILES string of the molecule is CCC(C)N(Cl)C(C)CC. The Morgan fingerprint density at radius 2 is 1.40 bits per heavy atom. The molecule has 0 saturated carbocycles. The highest BCUT2D eigenvalue weighted by Crippen LogP contribution is 2.13. The molecule has 0 radical (unpaired) electrons. The Morgan fingerprint density at radius 1 is 1.10 bits per heavy atom. The largest absolute Gasteiger partial charge is 0.215 e. The van der Waals surface area contributed by atoms with Crippen molar-refractivity contribution in [3.05, 3.63) is 0 Å². The summed E-state index contributed by atoms with van der Waals surface area (Å²) in [6.07, 6.45) is 2.24. The zero-order chi connectivity index (χ0) is 8.15. The lowest BCUT2D eigenvalue weighted by Gasteiger charge is -2.25. The van der Waals surface area contributed by atoms with E-state index in [1.165, 1.54) is 0 Å². The van der Waals surface area contributed by atoms with Crippen molar-refractivity contribution in [2.24, 2.45) is 0 Å². The molecule has 0 aliphatic rings. The summed E-state index contributed by atoms with van der Waals surface area (Å²) >= 11 is 6.02. The molecule has 0 bridgehead atoms. The van der Waals surface area contributed by atoms with E-state index in [1.807, 2.05) is 4.42 Å². The fraction of sp³-hybridized carbons (Fsp3) is 1.00. The van der Waals surface area contributed by atoms with Crippen LogP contribution in [0.5, 0.6) is 0 Å². The molecule has 0 amide bonds. The van der Waals surface area contributed by atoms with Crippen LogP contribution in [0.1, 0.15) is 40.5 Å². The van der Waals surface area contributed by atoms with Crippen LogP contribution >= 0.6 is 11.8 Å². The summed E-state index contributed by atoms with van der Waals surface area (Å²) in [5.41, 5.74) is 0. The fourth-order valence-corrected chi connectivity index (χ4v) is 1.06. The lowest BCUT2D eigenvalue weighted by atomic mass is 10.2. The number of hydrogen-bond acceptors (Lipinski definition) is 1. The Hall–Kier alpha value is 0.250. The van der Waals surface area contributed by atoms with Gasteiger partial charge in [-0.25, -0.2) is 4.42 Å². The molecule has 0 aromatic heterocycles. The molecule has 0 N–H and O–H groups in total. The molecule has 2 atom stereocenters. The van der Waals surface area contributed by atoms with Crippen molar-refractivity contribution in [2.75, 3.05) is 0 Å². The molecule has 0 aliphatic carbocycles. The van der Waals surface area contributed by atoms with Crippen LogP contribution in [-0.4, -0.2) is 16.5 Å². The quantitative estimate of drug-likeness (QED) is 0.576. The standard InChI is InChI=1S/C8H18ClN/c1-5-7(3)10(9)8(4)6-2/h7-8H,5-6H2,1-4H3. The van der Waals surface area contributed by atoms with E-state index in [1.54, 1.807) is 0 Å². The maximum atomic E-state index is 6.02. The lowest BCUT2D eigenvalue weighted by Crippen LogP contribution is -2.31. The first-order chi connectivity index (χ1) is 4.63. The van der Waals surface area contributed by atoms with E-state index < -0.39 is 0 Å². The highest BCUT2D eigenvalue weighted by atomic mass is 35.5. The Morgan fingerprint density at radius 3 is 1.60 bits per heavy atom. The molecular formula is C8H18ClN. The summed E-state index contributed by atoms with van der Waals surface area (Å²) in [6, 6.07) is 0.994. The first kappa shape index (κ1) is 10.2. The molecule has 2 heteroatoms. The van der Waals surface area contributed by atoms with Gasteiger partial charge in [0.1, 0.15) is 0 Å². The van der Waals surface area contributed by atoms with Gasteiger partial charge in [0.25, 0.3) is 0 Å². The van der Waals surface area contributed by atoms with E-state index in [0.29, 0.717) is 12.1 Å². The molecule has 0 aromatic carbocycles. The molecule has 10 heavy (non-hydrogen) atoms. The third-order valence-corrected chi connectivity index (χ3v) is 2.69. The van der Waals surface area contributed by atoms with Crippen molar-refractivity contribution in [3.63, 3.8) is 0 Å². The Kier molecular flexibility index (Phi) is 5.10. The monoisotopic (exact) mass is 163 g/mol. The molecule has 0 aromatic rings. The molecule has 0 aliphatic heterocycles. The summed E-state index contributed by atoms with van der Waals surface area (Å²) in [5.74, 6) is 0. The van der Waals surface area contributed by atoms with Gasteiger partial charge in [0.15, 0.2) is 0 Å². The number of hydrogen-bond donors (Lipinski definition) is 0. The normalized spacial score (nSPS) is 17.4. The Labute approximate surface area is 69.5 Å². The molecule has 0 rings (SSSR count). The maximum Gasteiger partial charge on any atom is 0.0223 e. The first-order valence-electron chi connectivity index (χ1n) is 4.07. The number of rotatable bonds is 4. The van der Waals surface area contributed by atoms with E-state index >= 15 is 0 Å². The van der Waals surface area contributed by atoms with Gasteiger partial charge in [-0.2, -0.15) is 0 Å². The number of halogens is 1. The second-order valence-electron chi connectivity index (χ2n) is 2.86. The third kappa shape index (κ3) is 2.89. The van der Waals surface area contributed by atoms with Gasteiger partial charge in [-0.05, 0) is 38.5 Å². The van der Waals surface area contributed by atoms with Crippen molar-refractivity contribution >= 4 is 11.8 Å². The van der Waals surface area contributed by atoms with Crippen LogP contribution in [0, 0.1) is 0 Å². The van der Waals surface area contributed by atoms with Crippen molar-refractivity contribution in [1.29, 1.82) is 0 Å². The van der Waals surface area contributed by atoms with Gasteiger partial charge < -0.3 is 0 Å². The summed E-state index contributed by atoms with van der Waals surface area (Å²) in [5, 5.41) is 0. The smallest absolute Gasteiger partial charge is 0.0223 e. The van der Waals surface area contributed by atoms with Gasteiger partial charge >= 0.3 is 0 Å². The zero-order valence-electron chi connectivity index (χ0n) is 7.39. The van der Waals surface area contributed by atoms with Crippen LogP contribution in [0.4, 0.5) is 0 Å². The predicted octanol–water partition coefficient (Wildman–Crippen LogP) is 3.04. The van der Waals surface area contributed by atoms with Gasteiger partial charge in [0, 0.05) is 12.1 Å².